The molecule has 1 aromatic carbocycles. The van der Waals surface area contributed by atoms with Crippen molar-refractivity contribution in [2.24, 2.45) is 0 Å². The second-order valence-corrected chi connectivity index (χ2v) is 6.45. The van der Waals surface area contributed by atoms with Crippen LogP contribution in [0.25, 0.3) is 0 Å². The van der Waals surface area contributed by atoms with E-state index in [1.54, 1.807) is 24.3 Å². The summed E-state index contributed by atoms with van der Waals surface area (Å²) in [5, 5.41) is 7.11. The van der Waals surface area contributed by atoms with Crippen LogP contribution >= 0.6 is 23.8 Å². The molecule has 0 aliphatic heterocycles. The lowest BCUT2D eigenvalue weighted by atomic mass is 10.1. The van der Waals surface area contributed by atoms with Crippen molar-refractivity contribution in [1.29, 1.82) is 0 Å². The SMILES string of the molecule is COc1ccc(OC)c([C@H]2C[C@H]2NC(=S)Nc2ccc(Cl)cn2)c1F. The lowest BCUT2D eigenvalue weighted by Gasteiger charge is -2.13. The summed E-state index contributed by atoms with van der Waals surface area (Å²) in [7, 11) is 2.96. The third-order valence-electron chi connectivity index (χ3n) is 3.99. The van der Waals surface area contributed by atoms with Gasteiger partial charge in [-0.2, -0.15) is 0 Å². The molecule has 1 heterocycles. The highest BCUT2D eigenvalue weighted by Gasteiger charge is 2.43. The number of benzene rings is 1. The topological polar surface area (TPSA) is 55.4 Å². The summed E-state index contributed by atoms with van der Waals surface area (Å²) in [6.45, 7) is 0. The van der Waals surface area contributed by atoms with Gasteiger partial charge in [0.25, 0.3) is 0 Å². The van der Waals surface area contributed by atoms with E-state index in [-0.39, 0.29) is 17.7 Å². The molecule has 2 N–H and O–H groups in total. The predicted octanol–water partition coefficient (Wildman–Crippen LogP) is 3.73. The van der Waals surface area contributed by atoms with Gasteiger partial charge in [0.05, 0.1) is 19.2 Å². The minimum absolute atomic E-state index is 0.0165. The second-order valence-electron chi connectivity index (χ2n) is 5.61. The number of anilines is 1. The first-order valence-corrected chi connectivity index (χ1v) is 8.41. The van der Waals surface area contributed by atoms with E-state index in [0.29, 0.717) is 27.3 Å². The Kier molecular flexibility index (Phi) is 5.24. The molecular weight excluding hydrogens is 365 g/mol. The Bertz CT molecular complexity index is 788. The van der Waals surface area contributed by atoms with Crippen LogP contribution in [0, 0.1) is 5.82 Å². The first kappa shape index (κ1) is 17.7. The molecule has 132 valence electrons. The van der Waals surface area contributed by atoms with Gasteiger partial charge in [-0.05, 0) is 42.9 Å². The Morgan fingerprint density at radius 3 is 2.60 bits per heavy atom. The number of hydrogen-bond acceptors (Lipinski definition) is 4. The van der Waals surface area contributed by atoms with E-state index in [9.17, 15) is 4.39 Å². The van der Waals surface area contributed by atoms with Gasteiger partial charge in [0.15, 0.2) is 16.7 Å². The predicted molar refractivity (Wildman–Crippen MR) is 99.3 cm³/mol. The van der Waals surface area contributed by atoms with Crippen LogP contribution < -0.4 is 20.1 Å². The maximum atomic E-state index is 14.6. The van der Waals surface area contributed by atoms with Gasteiger partial charge in [0.2, 0.25) is 0 Å². The lowest BCUT2D eigenvalue weighted by molar-refractivity contribution is 0.371. The van der Waals surface area contributed by atoms with Gasteiger partial charge < -0.3 is 20.1 Å². The highest BCUT2D eigenvalue weighted by Crippen LogP contribution is 2.47. The Morgan fingerprint density at radius 2 is 1.96 bits per heavy atom. The van der Waals surface area contributed by atoms with E-state index in [1.807, 2.05) is 0 Å². The molecular formula is C17H17ClFN3O2S. The molecule has 0 amide bonds. The number of pyridine rings is 1. The highest BCUT2D eigenvalue weighted by atomic mass is 35.5. The molecule has 1 saturated carbocycles. The smallest absolute Gasteiger partial charge is 0.172 e. The molecule has 0 bridgehead atoms. The number of nitrogens with one attached hydrogen (secondary N) is 2. The number of nitrogens with zero attached hydrogens (tertiary/aromatic N) is 1. The van der Waals surface area contributed by atoms with Crippen molar-refractivity contribution in [3.05, 3.63) is 46.9 Å². The van der Waals surface area contributed by atoms with Crippen molar-refractivity contribution < 1.29 is 13.9 Å². The molecule has 1 aromatic heterocycles. The average Bonchev–Trinajstić information content (AvgIpc) is 3.34. The summed E-state index contributed by atoms with van der Waals surface area (Å²) in [6.07, 6.45) is 2.28. The first-order chi connectivity index (χ1) is 12.0. The molecule has 25 heavy (non-hydrogen) atoms. The quantitative estimate of drug-likeness (QED) is 0.770. The van der Waals surface area contributed by atoms with Gasteiger partial charge in [-0.3, -0.25) is 0 Å². The Hall–Kier alpha value is -2.12. The molecule has 1 aliphatic rings. The number of halogens is 2. The molecule has 2 atom stereocenters. The van der Waals surface area contributed by atoms with Gasteiger partial charge in [-0.15, -0.1) is 0 Å². The summed E-state index contributed by atoms with van der Waals surface area (Å²) in [5.74, 6) is 0.861. The second kappa shape index (κ2) is 7.41. The fourth-order valence-corrected chi connectivity index (χ4v) is 3.05. The average molecular weight is 382 g/mol. The van der Waals surface area contributed by atoms with Gasteiger partial charge in [-0.1, -0.05) is 11.6 Å². The number of aromatic nitrogens is 1. The molecule has 0 radical (unpaired) electrons. The maximum absolute atomic E-state index is 14.6. The molecule has 1 fully saturated rings. The Morgan fingerprint density at radius 1 is 1.24 bits per heavy atom. The zero-order chi connectivity index (χ0) is 18.0. The van der Waals surface area contributed by atoms with E-state index in [4.69, 9.17) is 33.3 Å². The Balaban J connectivity index is 1.66. The van der Waals surface area contributed by atoms with Crippen molar-refractivity contribution in [2.45, 2.75) is 18.4 Å². The fraction of sp³-hybridized carbons (Fsp3) is 0.294. The minimum Gasteiger partial charge on any atom is -0.496 e. The first-order valence-electron chi connectivity index (χ1n) is 7.63. The molecule has 8 heteroatoms. The van der Waals surface area contributed by atoms with Crippen LogP contribution in [0.3, 0.4) is 0 Å². The standard InChI is InChI=1S/C17H17ClFN3O2S/c1-23-12-4-5-13(24-2)16(19)15(12)10-7-11(10)21-17(25)22-14-6-3-9(18)8-20-14/h3-6,8,10-11H,7H2,1-2H3,(H2,20,21,22,25)/t10-,11+/m0/s1. The summed E-state index contributed by atoms with van der Waals surface area (Å²) < 4.78 is 25.0. The van der Waals surface area contributed by atoms with E-state index >= 15 is 0 Å². The van der Waals surface area contributed by atoms with Crippen LogP contribution in [-0.4, -0.2) is 30.4 Å². The van der Waals surface area contributed by atoms with E-state index in [0.717, 1.165) is 6.42 Å². The molecule has 3 rings (SSSR count). The summed E-state index contributed by atoms with van der Waals surface area (Å²) >= 11 is 11.1. The third kappa shape index (κ3) is 3.93. The molecule has 0 spiro atoms. The van der Waals surface area contributed by atoms with Crippen molar-refractivity contribution in [3.63, 3.8) is 0 Å². The number of thiocarbonyl (C=S) groups is 1. The molecule has 2 aromatic rings. The molecule has 5 nitrogen and oxygen atoms in total. The van der Waals surface area contributed by atoms with Crippen molar-refractivity contribution in [3.8, 4) is 11.5 Å². The summed E-state index contributed by atoms with van der Waals surface area (Å²) in [6, 6.07) is 6.73. The van der Waals surface area contributed by atoms with Crippen LogP contribution in [0.4, 0.5) is 10.2 Å². The number of rotatable bonds is 5. The van der Waals surface area contributed by atoms with E-state index in [2.05, 4.69) is 15.6 Å². The molecule has 0 unspecified atom stereocenters. The largest absolute Gasteiger partial charge is 0.496 e. The summed E-state index contributed by atoms with van der Waals surface area (Å²) in [5.41, 5.74) is 0.506. The van der Waals surface area contributed by atoms with Crippen molar-refractivity contribution in [2.75, 3.05) is 19.5 Å². The van der Waals surface area contributed by atoms with Gasteiger partial charge in [0.1, 0.15) is 11.6 Å². The van der Waals surface area contributed by atoms with Gasteiger partial charge in [0, 0.05) is 23.7 Å². The van der Waals surface area contributed by atoms with Gasteiger partial charge >= 0.3 is 0 Å². The minimum atomic E-state index is -0.394. The van der Waals surface area contributed by atoms with Crippen molar-refractivity contribution in [1.82, 2.24) is 10.3 Å². The Labute approximate surface area is 155 Å². The van der Waals surface area contributed by atoms with Crippen LogP contribution in [0.5, 0.6) is 11.5 Å². The molecule has 0 saturated heterocycles. The fourth-order valence-electron chi connectivity index (χ4n) is 2.68. The van der Waals surface area contributed by atoms with Crippen LogP contribution in [0.1, 0.15) is 17.9 Å². The lowest BCUT2D eigenvalue weighted by Crippen LogP contribution is -2.31. The zero-order valence-corrected chi connectivity index (χ0v) is 15.2. The monoisotopic (exact) mass is 381 g/mol. The number of methoxy groups -OCH3 is 2. The maximum Gasteiger partial charge on any atom is 0.172 e. The highest BCUT2D eigenvalue weighted by molar-refractivity contribution is 7.80. The van der Waals surface area contributed by atoms with Crippen molar-refractivity contribution >= 4 is 34.7 Å². The van der Waals surface area contributed by atoms with Crippen LogP contribution in [0.15, 0.2) is 30.5 Å². The zero-order valence-electron chi connectivity index (χ0n) is 13.7. The van der Waals surface area contributed by atoms with E-state index in [1.165, 1.54) is 20.4 Å². The van der Waals surface area contributed by atoms with Crippen LogP contribution in [-0.2, 0) is 0 Å². The van der Waals surface area contributed by atoms with E-state index < -0.39 is 5.82 Å². The normalized spacial score (nSPS) is 18.4. The van der Waals surface area contributed by atoms with Crippen LogP contribution in [0.2, 0.25) is 5.02 Å². The summed E-state index contributed by atoms with van der Waals surface area (Å²) in [4.78, 5) is 4.12. The number of ether oxygens (including phenoxy) is 2. The van der Waals surface area contributed by atoms with Gasteiger partial charge in [-0.25, -0.2) is 9.37 Å². The molecule has 1 aliphatic carbocycles. The third-order valence-corrected chi connectivity index (χ3v) is 4.43. The number of hydrogen-bond donors (Lipinski definition) is 2.